The van der Waals surface area contributed by atoms with Crippen molar-refractivity contribution in [2.45, 2.75) is 76.5 Å². The summed E-state index contributed by atoms with van der Waals surface area (Å²) in [4.78, 5) is 13.2. The standard InChI is InChI=1S/C48H44N2O2/c1-5-48(6-2)42(45-49-24-11-9-19-44(49)46(51)52-45)28-32-21-20-30(26-36(32)43-18-10-12-25-50(43)48)31-22-23-34-37(27-31)33-15-13-17-41-39(33)29-38(34)35-14-7-8-16-40(35)47(41,3)4/h7-27,38,42,45H,5-6,28-29H2,1-4H3/q+2. The van der Waals surface area contributed by atoms with Crippen LogP contribution in [-0.2, 0) is 28.5 Å². The Balaban J connectivity index is 1.13. The minimum atomic E-state index is -0.383. The quantitative estimate of drug-likeness (QED) is 0.137. The van der Waals surface area contributed by atoms with Crippen molar-refractivity contribution in [1.82, 2.24) is 0 Å². The Morgan fingerprint density at radius 3 is 2.21 bits per heavy atom. The Morgan fingerprint density at radius 1 is 0.673 bits per heavy atom. The molecular weight excluding hydrogens is 637 g/mol. The molecule has 4 aromatic carbocycles. The van der Waals surface area contributed by atoms with Crippen molar-refractivity contribution in [3.8, 4) is 33.5 Å². The average Bonchev–Trinajstić information content (AvgIpc) is 3.41. The molecule has 4 aliphatic rings. The average molecular weight is 681 g/mol. The topological polar surface area (TPSA) is 34.1 Å². The number of ether oxygens (including phenoxy) is 1. The van der Waals surface area contributed by atoms with Crippen molar-refractivity contribution in [3.05, 3.63) is 167 Å². The minimum absolute atomic E-state index is 0.0336. The maximum Gasteiger partial charge on any atom is 0.408 e. The van der Waals surface area contributed by atoms with Crippen LogP contribution in [0.5, 0.6) is 0 Å². The van der Waals surface area contributed by atoms with Gasteiger partial charge in [-0.2, -0.15) is 9.13 Å². The van der Waals surface area contributed by atoms with E-state index in [0.29, 0.717) is 11.6 Å². The van der Waals surface area contributed by atoms with Gasteiger partial charge < -0.3 is 4.74 Å². The molecule has 10 rings (SSSR count). The molecule has 2 aliphatic heterocycles. The summed E-state index contributed by atoms with van der Waals surface area (Å²) in [6, 6.07) is 42.7. The highest BCUT2D eigenvalue weighted by molar-refractivity contribution is 5.86. The second-order valence-electron chi connectivity index (χ2n) is 15.8. The van der Waals surface area contributed by atoms with Gasteiger partial charge in [-0.1, -0.05) is 94.4 Å². The zero-order chi connectivity index (χ0) is 35.4. The normalized spacial score (nSPS) is 21.0. The number of aromatic nitrogens is 2. The number of carbonyl (C=O) groups excluding carboxylic acids is 1. The monoisotopic (exact) mass is 680 g/mol. The first-order chi connectivity index (χ1) is 25.3. The SMILES string of the molecule is CCC1(CC)C(C2OC(=O)c3cccc[n+]32)Cc2ccc(-c3ccc4c(c3)-c3cccc5c3CC4c3ccccc3C5(C)C)cc2-c2cccc[n+]21. The number of cyclic esters (lactones) is 1. The lowest BCUT2D eigenvalue weighted by atomic mass is 9.74. The van der Waals surface area contributed by atoms with Gasteiger partial charge in [0.15, 0.2) is 17.9 Å². The van der Waals surface area contributed by atoms with Gasteiger partial charge in [0, 0.05) is 54.0 Å². The van der Waals surface area contributed by atoms with Crippen LogP contribution in [0.4, 0.5) is 0 Å². The molecule has 2 aliphatic carbocycles. The summed E-state index contributed by atoms with van der Waals surface area (Å²) in [5.74, 6) is 0.133. The third kappa shape index (κ3) is 4.24. The molecule has 52 heavy (non-hydrogen) atoms. The number of hydrogen-bond acceptors (Lipinski definition) is 2. The van der Waals surface area contributed by atoms with Crippen LogP contribution in [0.2, 0.25) is 0 Å². The van der Waals surface area contributed by atoms with Crippen LogP contribution < -0.4 is 9.13 Å². The number of benzene rings is 4. The number of carbonyl (C=O) groups is 1. The van der Waals surface area contributed by atoms with Crippen LogP contribution in [0, 0.1) is 5.92 Å². The third-order valence-electron chi connectivity index (χ3n) is 13.3. The van der Waals surface area contributed by atoms with E-state index in [1.165, 1.54) is 66.9 Å². The van der Waals surface area contributed by atoms with E-state index in [9.17, 15) is 4.79 Å². The van der Waals surface area contributed by atoms with Gasteiger partial charge in [0.1, 0.15) is 5.92 Å². The van der Waals surface area contributed by atoms with E-state index in [1.807, 2.05) is 24.4 Å². The molecule has 6 aromatic rings. The molecule has 0 saturated heterocycles. The van der Waals surface area contributed by atoms with Gasteiger partial charge in [-0.15, -0.1) is 0 Å². The highest BCUT2D eigenvalue weighted by Gasteiger charge is 2.58. The van der Waals surface area contributed by atoms with Gasteiger partial charge in [-0.3, -0.25) is 0 Å². The van der Waals surface area contributed by atoms with Crippen LogP contribution in [0.1, 0.15) is 96.6 Å². The number of hydrogen-bond donors (Lipinski definition) is 0. The van der Waals surface area contributed by atoms with Crippen LogP contribution in [0.25, 0.3) is 33.5 Å². The molecule has 4 heteroatoms. The number of nitrogens with zero attached hydrogens (tertiary/aromatic N) is 2. The van der Waals surface area contributed by atoms with Gasteiger partial charge >= 0.3 is 12.2 Å². The maximum absolute atomic E-state index is 13.2. The number of fused-ring (bicyclic) bond motifs is 10. The van der Waals surface area contributed by atoms with Gasteiger partial charge in [0.25, 0.3) is 5.69 Å². The summed E-state index contributed by atoms with van der Waals surface area (Å²) >= 11 is 0. The van der Waals surface area contributed by atoms with Crippen LogP contribution in [0.3, 0.4) is 0 Å². The molecule has 0 saturated carbocycles. The van der Waals surface area contributed by atoms with E-state index in [1.54, 1.807) is 0 Å². The lowest BCUT2D eigenvalue weighted by Gasteiger charge is -2.34. The number of rotatable bonds is 4. The smallest absolute Gasteiger partial charge is 0.394 e. The molecular formula is C48H44N2O2+2. The zero-order valence-electron chi connectivity index (χ0n) is 30.4. The molecule has 2 aromatic heterocycles. The highest BCUT2D eigenvalue weighted by Crippen LogP contribution is 2.53. The molecule has 3 unspecified atom stereocenters. The van der Waals surface area contributed by atoms with Gasteiger partial charge in [0.2, 0.25) is 5.69 Å². The summed E-state index contributed by atoms with van der Waals surface area (Å²) in [6.07, 6.45) is 7.55. The van der Waals surface area contributed by atoms with E-state index < -0.39 is 0 Å². The molecule has 0 amide bonds. The molecule has 2 bridgehead atoms. The predicted molar refractivity (Wildman–Crippen MR) is 204 cm³/mol. The molecule has 4 nitrogen and oxygen atoms in total. The van der Waals surface area contributed by atoms with Crippen LogP contribution in [0.15, 0.2) is 128 Å². The summed E-state index contributed by atoms with van der Waals surface area (Å²) in [5.41, 5.74) is 16.5. The molecule has 256 valence electrons. The van der Waals surface area contributed by atoms with Gasteiger partial charge in [-0.05, 0) is 92.7 Å². The lowest BCUT2D eigenvalue weighted by Crippen LogP contribution is -2.64. The van der Waals surface area contributed by atoms with E-state index in [-0.39, 0.29) is 29.1 Å². The summed E-state index contributed by atoms with van der Waals surface area (Å²) in [5, 5.41) is 0. The summed E-state index contributed by atoms with van der Waals surface area (Å²) < 4.78 is 10.8. The van der Waals surface area contributed by atoms with Crippen molar-refractivity contribution >= 4 is 5.97 Å². The summed E-state index contributed by atoms with van der Waals surface area (Å²) in [7, 11) is 0. The first-order valence-electron chi connectivity index (χ1n) is 19.1. The lowest BCUT2D eigenvalue weighted by molar-refractivity contribution is -0.802. The van der Waals surface area contributed by atoms with Crippen molar-refractivity contribution in [2.75, 3.05) is 0 Å². The van der Waals surface area contributed by atoms with Gasteiger partial charge in [0.05, 0.1) is 0 Å². The fraction of sp³-hybridized carbons (Fsp3) is 0.271. The molecule has 0 fully saturated rings. The minimum Gasteiger partial charge on any atom is -0.394 e. The molecule has 3 atom stereocenters. The Bertz CT molecular complexity index is 2450. The number of pyridine rings is 2. The van der Waals surface area contributed by atoms with E-state index in [4.69, 9.17) is 4.74 Å². The third-order valence-corrected chi connectivity index (χ3v) is 13.3. The predicted octanol–water partition coefficient (Wildman–Crippen LogP) is 9.65. The first kappa shape index (κ1) is 31.4. The Hall–Kier alpha value is -5.35. The van der Waals surface area contributed by atoms with E-state index in [2.05, 4.69) is 140 Å². The van der Waals surface area contributed by atoms with Crippen LogP contribution >= 0.6 is 0 Å². The van der Waals surface area contributed by atoms with Crippen LogP contribution in [-0.4, -0.2) is 5.97 Å². The van der Waals surface area contributed by atoms with Crippen molar-refractivity contribution in [3.63, 3.8) is 0 Å². The highest BCUT2D eigenvalue weighted by atomic mass is 16.6. The van der Waals surface area contributed by atoms with Gasteiger partial charge in [-0.25, -0.2) is 4.79 Å². The fourth-order valence-corrected chi connectivity index (χ4v) is 10.7. The first-order valence-corrected chi connectivity index (χ1v) is 19.1. The molecule has 0 N–H and O–H groups in total. The zero-order valence-corrected chi connectivity index (χ0v) is 30.4. The Labute approximate surface area is 306 Å². The largest absolute Gasteiger partial charge is 0.408 e. The Kier molecular flexibility index (Phi) is 6.84. The fourth-order valence-electron chi connectivity index (χ4n) is 10.7. The summed E-state index contributed by atoms with van der Waals surface area (Å²) in [6.45, 7) is 9.37. The van der Waals surface area contributed by atoms with E-state index in [0.717, 1.165) is 25.7 Å². The number of esters is 1. The maximum atomic E-state index is 13.2. The van der Waals surface area contributed by atoms with E-state index >= 15 is 0 Å². The van der Waals surface area contributed by atoms with Crippen molar-refractivity contribution in [2.24, 2.45) is 5.92 Å². The molecule has 4 heterocycles. The molecule has 0 radical (unpaired) electrons. The second-order valence-corrected chi connectivity index (χ2v) is 15.8. The van der Waals surface area contributed by atoms with Crippen molar-refractivity contribution in [1.29, 1.82) is 0 Å². The second kappa shape index (κ2) is 11.3. The van der Waals surface area contributed by atoms with Crippen molar-refractivity contribution < 1.29 is 18.7 Å². The molecule has 0 spiro atoms. The Morgan fingerprint density at radius 2 is 1.38 bits per heavy atom.